The summed E-state index contributed by atoms with van der Waals surface area (Å²) in [5, 5.41) is 13.1. The Hall–Kier alpha value is -2.82. The smallest absolute Gasteiger partial charge is 0.335 e. The molecule has 0 spiro atoms. The molecule has 5 nitrogen and oxygen atoms in total. The number of para-hydroxylation sites is 1. The number of ether oxygens (including phenoxy) is 1. The van der Waals surface area contributed by atoms with Crippen LogP contribution < -0.4 is 10.2 Å². The number of nitrogens with one attached hydrogen (secondary N) is 1. The summed E-state index contributed by atoms with van der Waals surface area (Å²) < 4.78 is 5.70. The van der Waals surface area contributed by atoms with Crippen LogP contribution in [-0.4, -0.2) is 23.4 Å². The van der Waals surface area contributed by atoms with Crippen LogP contribution in [0.2, 0.25) is 0 Å². The molecule has 5 heteroatoms. The fourth-order valence-electron chi connectivity index (χ4n) is 1.85. The molecule has 2 aromatic carbocycles. The van der Waals surface area contributed by atoms with Gasteiger partial charge in [0, 0.05) is 5.56 Å². The first kappa shape index (κ1) is 15.6. The van der Waals surface area contributed by atoms with Crippen molar-refractivity contribution in [2.75, 3.05) is 5.43 Å². The quantitative estimate of drug-likeness (QED) is 0.631. The molecule has 0 radical (unpaired) electrons. The first-order chi connectivity index (χ1) is 10.6. The molecule has 0 unspecified atom stereocenters. The van der Waals surface area contributed by atoms with E-state index >= 15 is 0 Å². The van der Waals surface area contributed by atoms with Gasteiger partial charge in [-0.1, -0.05) is 18.2 Å². The highest BCUT2D eigenvalue weighted by atomic mass is 16.5. The molecule has 2 aromatic rings. The summed E-state index contributed by atoms with van der Waals surface area (Å²) in [5.74, 6) is -0.217. The van der Waals surface area contributed by atoms with Crippen molar-refractivity contribution in [1.82, 2.24) is 0 Å². The average molecular weight is 298 g/mol. The number of hydrogen-bond acceptors (Lipinski definition) is 4. The van der Waals surface area contributed by atoms with E-state index in [2.05, 4.69) is 10.5 Å². The lowest BCUT2D eigenvalue weighted by molar-refractivity contribution is 0.0697. The highest BCUT2D eigenvalue weighted by Gasteiger charge is 2.03. The Bertz CT molecular complexity index is 681. The van der Waals surface area contributed by atoms with Crippen molar-refractivity contribution in [3.05, 3.63) is 59.7 Å². The lowest BCUT2D eigenvalue weighted by Crippen LogP contribution is -2.07. The number of rotatable bonds is 6. The van der Waals surface area contributed by atoms with E-state index in [1.165, 1.54) is 12.1 Å². The van der Waals surface area contributed by atoms with Crippen LogP contribution in [0.25, 0.3) is 0 Å². The highest BCUT2D eigenvalue weighted by molar-refractivity contribution is 5.89. The number of carboxylic acid groups (broad SMARTS) is 1. The normalized spacial score (nSPS) is 10.9. The Morgan fingerprint density at radius 3 is 2.73 bits per heavy atom. The molecule has 0 saturated heterocycles. The van der Waals surface area contributed by atoms with Crippen molar-refractivity contribution in [3.63, 3.8) is 0 Å². The standard InChI is InChI=1S/C17H18N2O3/c1-12(2)22-16-9-4-3-6-14(16)11-18-19-15-8-5-7-13(10-15)17(20)21/h3-12,19H,1-2H3,(H,20,21). The second-order valence-electron chi connectivity index (χ2n) is 4.96. The minimum Gasteiger partial charge on any atom is -0.490 e. The van der Waals surface area contributed by atoms with Gasteiger partial charge in [-0.2, -0.15) is 5.10 Å². The molecule has 0 atom stereocenters. The number of carboxylic acids is 1. The van der Waals surface area contributed by atoms with Crippen molar-refractivity contribution in [2.24, 2.45) is 5.10 Å². The predicted molar refractivity (Wildman–Crippen MR) is 86.8 cm³/mol. The first-order valence-electron chi connectivity index (χ1n) is 6.94. The molecule has 2 rings (SSSR count). The van der Waals surface area contributed by atoms with Gasteiger partial charge in [-0.25, -0.2) is 4.79 Å². The number of hydrogen-bond donors (Lipinski definition) is 2. The zero-order chi connectivity index (χ0) is 15.9. The van der Waals surface area contributed by atoms with Crippen molar-refractivity contribution >= 4 is 17.9 Å². The Morgan fingerprint density at radius 2 is 2.00 bits per heavy atom. The first-order valence-corrected chi connectivity index (χ1v) is 6.94. The summed E-state index contributed by atoms with van der Waals surface area (Å²) in [4.78, 5) is 10.9. The Labute approximate surface area is 129 Å². The molecule has 0 aromatic heterocycles. The van der Waals surface area contributed by atoms with Gasteiger partial charge in [0.1, 0.15) is 5.75 Å². The topological polar surface area (TPSA) is 70.9 Å². The van der Waals surface area contributed by atoms with Crippen molar-refractivity contribution in [2.45, 2.75) is 20.0 Å². The molecule has 0 aliphatic heterocycles. The van der Waals surface area contributed by atoms with Crippen molar-refractivity contribution in [1.29, 1.82) is 0 Å². The molecule has 0 bridgehead atoms. The van der Waals surface area contributed by atoms with Crippen LogP contribution in [0.4, 0.5) is 5.69 Å². The highest BCUT2D eigenvalue weighted by Crippen LogP contribution is 2.17. The Balaban J connectivity index is 2.10. The fourth-order valence-corrected chi connectivity index (χ4v) is 1.85. The van der Waals surface area contributed by atoms with Crippen molar-refractivity contribution < 1.29 is 14.6 Å². The number of nitrogens with zero attached hydrogens (tertiary/aromatic N) is 1. The number of anilines is 1. The fraction of sp³-hybridized carbons (Fsp3) is 0.176. The van der Waals surface area contributed by atoms with Gasteiger partial charge in [-0.05, 0) is 44.2 Å². The minimum absolute atomic E-state index is 0.0785. The van der Waals surface area contributed by atoms with Gasteiger partial charge in [0.15, 0.2) is 0 Å². The van der Waals surface area contributed by atoms with Gasteiger partial charge < -0.3 is 9.84 Å². The van der Waals surface area contributed by atoms with Crippen LogP contribution in [0.5, 0.6) is 5.75 Å². The SMILES string of the molecule is CC(C)Oc1ccccc1C=NNc1cccc(C(=O)O)c1. The molecule has 0 fully saturated rings. The molecule has 0 heterocycles. The van der Waals surface area contributed by atoms with E-state index in [4.69, 9.17) is 9.84 Å². The van der Waals surface area contributed by atoms with Gasteiger partial charge in [0.2, 0.25) is 0 Å². The molecular formula is C17H18N2O3. The second kappa shape index (κ2) is 7.26. The summed E-state index contributed by atoms with van der Waals surface area (Å²) in [7, 11) is 0. The van der Waals surface area contributed by atoms with Crippen LogP contribution in [0, 0.1) is 0 Å². The number of benzene rings is 2. The van der Waals surface area contributed by atoms with Gasteiger partial charge in [-0.3, -0.25) is 5.43 Å². The van der Waals surface area contributed by atoms with E-state index in [-0.39, 0.29) is 11.7 Å². The zero-order valence-corrected chi connectivity index (χ0v) is 12.5. The maximum atomic E-state index is 10.9. The average Bonchev–Trinajstić information content (AvgIpc) is 2.49. The maximum Gasteiger partial charge on any atom is 0.335 e. The number of aromatic carboxylic acids is 1. The number of hydrazone groups is 1. The van der Waals surface area contributed by atoms with Crippen LogP contribution in [0.15, 0.2) is 53.6 Å². The van der Waals surface area contributed by atoms with Gasteiger partial charge in [-0.15, -0.1) is 0 Å². The van der Waals surface area contributed by atoms with Gasteiger partial charge in [0.25, 0.3) is 0 Å². The summed E-state index contributed by atoms with van der Waals surface area (Å²) >= 11 is 0. The third kappa shape index (κ3) is 4.34. The van der Waals surface area contributed by atoms with Crippen LogP contribution in [-0.2, 0) is 0 Å². The second-order valence-corrected chi connectivity index (χ2v) is 4.96. The van der Waals surface area contributed by atoms with E-state index in [0.29, 0.717) is 5.69 Å². The molecule has 0 aliphatic carbocycles. The molecular weight excluding hydrogens is 280 g/mol. The molecule has 22 heavy (non-hydrogen) atoms. The van der Waals surface area contributed by atoms with E-state index in [1.807, 2.05) is 38.1 Å². The summed E-state index contributed by atoms with van der Waals surface area (Å²) in [6.07, 6.45) is 1.72. The molecule has 114 valence electrons. The monoisotopic (exact) mass is 298 g/mol. The lowest BCUT2D eigenvalue weighted by atomic mass is 10.2. The third-order valence-electron chi connectivity index (χ3n) is 2.79. The summed E-state index contributed by atoms with van der Waals surface area (Å²) in [5.41, 5.74) is 4.49. The zero-order valence-electron chi connectivity index (χ0n) is 12.5. The van der Waals surface area contributed by atoms with Gasteiger partial charge in [0.05, 0.1) is 23.6 Å². The molecule has 0 saturated carbocycles. The predicted octanol–water partition coefficient (Wildman–Crippen LogP) is 3.62. The van der Waals surface area contributed by atoms with Crippen LogP contribution >= 0.6 is 0 Å². The van der Waals surface area contributed by atoms with E-state index in [1.54, 1.807) is 18.3 Å². The van der Waals surface area contributed by atoms with E-state index in [0.717, 1.165) is 11.3 Å². The van der Waals surface area contributed by atoms with Crippen molar-refractivity contribution in [3.8, 4) is 5.75 Å². The Morgan fingerprint density at radius 1 is 1.23 bits per heavy atom. The summed E-state index contributed by atoms with van der Waals surface area (Å²) in [6, 6.07) is 14.1. The van der Waals surface area contributed by atoms with E-state index in [9.17, 15) is 4.79 Å². The maximum absolute atomic E-state index is 10.9. The molecule has 0 aliphatic rings. The largest absolute Gasteiger partial charge is 0.490 e. The van der Waals surface area contributed by atoms with E-state index < -0.39 is 5.97 Å². The van der Waals surface area contributed by atoms with Crippen LogP contribution in [0.1, 0.15) is 29.8 Å². The number of carbonyl (C=O) groups is 1. The van der Waals surface area contributed by atoms with Gasteiger partial charge >= 0.3 is 5.97 Å². The molecule has 2 N–H and O–H groups in total. The molecule has 0 amide bonds. The summed E-state index contributed by atoms with van der Waals surface area (Å²) in [6.45, 7) is 3.92. The van der Waals surface area contributed by atoms with Crippen LogP contribution in [0.3, 0.4) is 0 Å². The third-order valence-corrected chi connectivity index (χ3v) is 2.79. The minimum atomic E-state index is -0.969. The Kier molecular flexibility index (Phi) is 5.14. The lowest BCUT2D eigenvalue weighted by Gasteiger charge is -2.11.